The first-order valence-corrected chi connectivity index (χ1v) is 11.3. The summed E-state index contributed by atoms with van der Waals surface area (Å²) in [5.74, 6) is 0.400. The summed E-state index contributed by atoms with van der Waals surface area (Å²) in [6.07, 6.45) is 1.56. The second kappa shape index (κ2) is 10.2. The van der Waals surface area contributed by atoms with Crippen LogP contribution >= 0.6 is 34.2 Å². The molecule has 0 N–H and O–H groups in total. The number of ether oxygens (including phenoxy) is 3. The summed E-state index contributed by atoms with van der Waals surface area (Å²) in [6, 6.07) is 17.1. The fourth-order valence-corrected chi connectivity index (χ4v) is 4.20. The van der Waals surface area contributed by atoms with Crippen molar-refractivity contribution in [3.8, 4) is 11.5 Å². The van der Waals surface area contributed by atoms with Crippen LogP contribution < -0.4 is 9.47 Å². The highest BCUT2D eigenvalue weighted by Crippen LogP contribution is 2.36. The molecular weight excluding hydrogens is 575 g/mol. The van der Waals surface area contributed by atoms with Gasteiger partial charge in [0, 0.05) is 12.1 Å². The van der Waals surface area contributed by atoms with Crippen LogP contribution in [0.5, 0.6) is 11.5 Å². The zero-order valence-electron chi connectivity index (χ0n) is 17.7. The first kappa shape index (κ1) is 23.7. The SMILES string of the molecule is COc1cc(/C=C2\N=C(c3ccc([N+](=O)[O-])cc3Cl)OC2=O)cc(I)c1OCc1ccccc1. The molecule has 0 unspecified atom stereocenters. The van der Waals surface area contributed by atoms with E-state index in [1.54, 1.807) is 12.1 Å². The molecule has 0 radical (unpaired) electrons. The minimum absolute atomic E-state index is 0.0272. The second-order valence-electron chi connectivity index (χ2n) is 7.07. The zero-order chi connectivity index (χ0) is 24.2. The van der Waals surface area contributed by atoms with Gasteiger partial charge in [-0.05, 0) is 58.0 Å². The van der Waals surface area contributed by atoms with E-state index in [2.05, 4.69) is 27.6 Å². The number of benzene rings is 3. The number of nitrogens with zero attached hydrogens (tertiary/aromatic N) is 2. The largest absolute Gasteiger partial charge is 0.493 e. The summed E-state index contributed by atoms with van der Waals surface area (Å²) in [5, 5.41) is 11.0. The molecule has 10 heteroatoms. The van der Waals surface area contributed by atoms with Crippen molar-refractivity contribution in [3.63, 3.8) is 0 Å². The van der Waals surface area contributed by atoms with Gasteiger partial charge in [0.05, 0.1) is 26.2 Å². The standard InChI is InChI=1S/C24H16ClIN2O6/c1-32-21-11-15(9-19(26)22(21)33-13-14-5-3-2-4-6-14)10-20-24(29)34-23(27-20)17-8-7-16(28(30)31)12-18(17)25/h2-12H,13H2,1H3/b20-10-. The van der Waals surface area contributed by atoms with Gasteiger partial charge in [0.2, 0.25) is 5.90 Å². The maximum atomic E-state index is 12.4. The molecular formula is C24H16ClIN2O6. The van der Waals surface area contributed by atoms with Crippen molar-refractivity contribution in [2.24, 2.45) is 4.99 Å². The van der Waals surface area contributed by atoms with Gasteiger partial charge in [-0.1, -0.05) is 41.9 Å². The summed E-state index contributed by atoms with van der Waals surface area (Å²) in [5.41, 5.74) is 1.83. The van der Waals surface area contributed by atoms with Crippen LogP contribution in [-0.2, 0) is 16.1 Å². The average molecular weight is 591 g/mol. The number of methoxy groups -OCH3 is 1. The van der Waals surface area contributed by atoms with E-state index in [1.807, 2.05) is 36.4 Å². The van der Waals surface area contributed by atoms with Crippen molar-refractivity contribution in [2.45, 2.75) is 6.61 Å². The summed E-state index contributed by atoms with van der Waals surface area (Å²) in [4.78, 5) is 27.0. The molecule has 0 saturated heterocycles. The van der Waals surface area contributed by atoms with E-state index in [0.29, 0.717) is 23.7 Å². The lowest BCUT2D eigenvalue weighted by Crippen LogP contribution is -2.06. The molecule has 1 aliphatic heterocycles. The van der Waals surface area contributed by atoms with Gasteiger partial charge in [-0.2, -0.15) is 0 Å². The number of nitro groups is 1. The van der Waals surface area contributed by atoms with Crippen LogP contribution in [0.3, 0.4) is 0 Å². The number of hydrogen-bond acceptors (Lipinski definition) is 7. The molecule has 0 fully saturated rings. The molecule has 0 spiro atoms. The van der Waals surface area contributed by atoms with E-state index in [1.165, 1.54) is 25.3 Å². The Morgan fingerprint density at radius 1 is 1.18 bits per heavy atom. The van der Waals surface area contributed by atoms with E-state index in [9.17, 15) is 14.9 Å². The minimum Gasteiger partial charge on any atom is -0.493 e. The minimum atomic E-state index is -0.664. The maximum absolute atomic E-state index is 12.4. The number of rotatable bonds is 7. The first-order valence-electron chi connectivity index (χ1n) is 9.87. The van der Waals surface area contributed by atoms with E-state index in [0.717, 1.165) is 9.13 Å². The summed E-state index contributed by atoms with van der Waals surface area (Å²) in [6.45, 7) is 0.379. The number of esters is 1. The molecule has 0 saturated carbocycles. The predicted octanol–water partition coefficient (Wildman–Crippen LogP) is 5.78. The number of non-ortho nitro benzene ring substituents is 1. The second-order valence-corrected chi connectivity index (χ2v) is 8.64. The average Bonchev–Trinajstić information content (AvgIpc) is 3.18. The van der Waals surface area contributed by atoms with Crippen LogP contribution in [0.15, 0.2) is 71.4 Å². The molecule has 3 aromatic rings. The van der Waals surface area contributed by atoms with Crippen LogP contribution in [0.1, 0.15) is 16.7 Å². The van der Waals surface area contributed by atoms with Crippen LogP contribution in [0, 0.1) is 13.7 Å². The Morgan fingerprint density at radius 2 is 1.94 bits per heavy atom. The monoisotopic (exact) mass is 590 g/mol. The van der Waals surface area contributed by atoms with Gasteiger partial charge in [0.15, 0.2) is 17.2 Å². The number of hydrogen-bond donors (Lipinski definition) is 0. The van der Waals surface area contributed by atoms with E-state index >= 15 is 0 Å². The molecule has 3 aromatic carbocycles. The topological polar surface area (TPSA) is 100 Å². The van der Waals surface area contributed by atoms with Crippen LogP contribution in [0.2, 0.25) is 5.02 Å². The number of halogens is 2. The van der Waals surface area contributed by atoms with Gasteiger partial charge >= 0.3 is 5.97 Å². The Labute approximate surface area is 213 Å². The smallest absolute Gasteiger partial charge is 0.363 e. The summed E-state index contributed by atoms with van der Waals surface area (Å²) >= 11 is 8.27. The number of nitro benzene ring substituents is 1. The summed E-state index contributed by atoms with van der Waals surface area (Å²) < 4.78 is 17.5. The lowest BCUT2D eigenvalue weighted by molar-refractivity contribution is -0.384. The fraction of sp³-hybridized carbons (Fsp3) is 0.0833. The summed E-state index contributed by atoms with van der Waals surface area (Å²) in [7, 11) is 1.54. The van der Waals surface area contributed by atoms with Gasteiger partial charge in [0.25, 0.3) is 5.69 Å². The number of aliphatic imine (C=N–C) groups is 1. The van der Waals surface area contributed by atoms with E-state index in [-0.39, 0.29) is 27.9 Å². The third-order valence-electron chi connectivity index (χ3n) is 4.80. The van der Waals surface area contributed by atoms with Crippen LogP contribution in [0.4, 0.5) is 5.69 Å². The van der Waals surface area contributed by atoms with Crippen molar-refractivity contribution < 1.29 is 23.9 Å². The Bertz CT molecular complexity index is 1340. The Morgan fingerprint density at radius 3 is 2.62 bits per heavy atom. The molecule has 0 atom stereocenters. The highest BCUT2D eigenvalue weighted by Gasteiger charge is 2.27. The number of carbonyl (C=O) groups excluding carboxylic acids is 1. The van der Waals surface area contributed by atoms with Gasteiger partial charge < -0.3 is 14.2 Å². The van der Waals surface area contributed by atoms with Gasteiger partial charge in [-0.25, -0.2) is 9.79 Å². The molecule has 0 aromatic heterocycles. The Balaban J connectivity index is 1.60. The maximum Gasteiger partial charge on any atom is 0.363 e. The zero-order valence-corrected chi connectivity index (χ0v) is 20.6. The highest BCUT2D eigenvalue weighted by atomic mass is 127. The van der Waals surface area contributed by atoms with Crippen molar-refractivity contribution in [1.29, 1.82) is 0 Å². The molecule has 8 nitrogen and oxygen atoms in total. The van der Waals surface area contributed by atoms with Gasteiger partial charge in [-0.3, -0.25) is 10.1 Å². The molecule has 34 heavy (non-hydrogen) atoms. The Kier molecular flexibility index (Phi) is 7.13. The fourth-order valence-electron chi connectivity index (χ4n) is 3.17. The number of carbonyl (C=O) groups is 1. The molecule has 172 valence electrons. The molecule has 0 amide bonds. The van der Waals surface area contributed by atoms with Crippen molar-refractivity contribution in [2.75, 3.05) is 7.11 Å². The lowest BCUT2D eigenvalue weighted by atomic mass is 10.1. The predicted molar refractivity (Wildman–Crippen MR) is 135 cm³/mol. The van der Waals surface area contributed by atoms with Gasteiger partial charge in [0.1, 0.15) is 6.61 Å². The molecule has 1 heterocycles. The Hall–Kier alpha value is -3.44. The molecule has 0 bridgehead atoms. The van der Waals surface area contributed by atoms with E-state index in [4.69, 9.17) is 25.8 Å². The van der Waals surface area contributed by atoms with Crippen LogP contribution in [0.25, 0.3) is 6.08 Å². The lowest BCUT2D eigenvalue weighted by Gasteiger charge is -2.13. The third kappa shape index (κ3) is 5.20. The third-order valence-corrected chi connectivity index (χ3v) is 5.91. The van der Waals surface area contributed by atoms with Gasteiger partial charge in [-0.15, -0.1) is 0 Å². The highest BCUT2D eigenvalue weighted by molar-refractivity contribution is 14.1. The van der Waals surface area contributed by atoms with Crippen LogP contribution in [-0.4, -0.2) is 23.9 Å². The van der Waals surface area contributed by atoms with Crippen molar-refractivity contribution in [3.05, 3.63) is 102 Å². The quantitative estimate of drug-likeness (QED) is 0.114. The molecule has 1 aliphatic rings. The van der Waals surface area contributed by atoms with E-state index < -0.39 is 10.9 Å². The normalized spacial score (nSPS) is 14.0. The first-order chi connectivity index (χ1) is 16.4. The molecule has 0 aliphatic carbocycles. The number of cyclic esters (lactones) is 1. The van der Waals surface area contributed by atoms with Crippen molar-refractivity contribution >= 4 is 57.8 Å². The molecule has 4 rings (SSSR count). The van der Waals surface area contributed by atoms with Crippen molar-refractivity contribution in [1.82, 2.24) is 0 Å².